The molecule has 0 saturated carbocycles. The fraction of sp³-hybridized carbons (Fsp3) is 0.400. The van der Waals surface area contributed by atoms with Crippen LogP contribution in [0, 0.1) is 11.3 Å². The molecule has 1 unspecified atom stereocenters. The summed E-state index contributed by atoms with van der Waals surface area (Å²) in [4.78, 5) is 31.0. The fourth-order valence-corrected chi connectivity index (χ4v) is 4.65. The van der Waals surface area contributed by atoms with Gasteiger partial charge in [-0.1, -0.05) is 6.07 Å². The molecule has 1 aromatic carbocycles. The number of ether oxygens (including phenoxy) is 1. The van der Waals surface area contributed by atoms with Crippen LogP contribution in [0.2, 0.25) is 0 Å². The van der Waals surface area contributed by atoms with Gasteiger partial charge in [-0.05, 0) is 36.6 Å². The number of thioether (sulfide) groups is 1. The van der Waals surface area contributed by atoms with E-state index in [1.165, 1.54) is 16.7 Å². The molecular formula is C20H20N4O3S. The highest BCUT2D eigenvalue weighted by Gasteiger charge is 2.29. The molecule has 2 atom stereocenters. The van der Waals surface area contributed by atoms with Gasteiger partial charge in [0, 0.05) is 23.9 Å². The van der Waals surface area contributed by atoms with E-state index in [9.17, 15) is 9.59 Å². The summed E-state index contributed by atoms with van der Waals surface area (Å²) in [5, 5.41) is 12.5. The summed E-state index contributed by atoms with van der Waals surface area (Å²) in [5.41, 5.74) is 2.24. The highest BCUT2D eigenvalue weighted by atomic mass is 32.2. The maximum atomic E-state index is 12.8. The Morgan fingerprint density at radius 1 is 1.39 bits per heavy atom. The van der Waals surface area contributed by atoms with Crippen LogP contribution >= 0.6 is 11.8 Å². The lowest BCUT2D eigenvalue weighted by molar-refractivity contribution is -0.129. The van der Waals surface area contributed by atoms with Crippen LogP contribution in [0.15, 0.2) is 30.5 Å². The van der Waals surface area contributed by atoms with Crippen LogP contribution in [-0.2, 0) is 9.53 Å². The second kappa shape index (κ2) is 8.17. The SMILES string of the molecule is N#C[C@@H]1CSCN1C(=O)CNC(=O)c1ccnc2ccc(C3CCCO3)cc12. The number of nitrogens with one attached hydrogen (secondary N) is 1. The average molecular weight is 396 g/mol. The lowest BCUT2D eigenvalue weighted by Gasteiger charge is -2.18. The standard InChI is InChI=1S/C20H20N4O3S/c21-9-14-11-28-12-24(14)19(25)10-23-20(26)15-5-6-22-17-4-3-13(8-16(15)17)18-2-1-7-27-18/h3-6,8,14,18H,1-2,7,10-12H2,(H,23,26)/t14-,18?/m1/s1. The number of carbonyl (C=O) groups is 2. The molecule has 1 aromatic heterocycles. The highest BCUT2D eigenvalue weighted by molar-refractivity contribution is 7.99. The zero-order valence-electron chi connectivity index (χ0n) is 15.3. The van der Waals surface area contributed by atoms with E-state index in [2.05, 4.69) is 16.4 Å². The number of pyridine rings is 1. The summed E-state index contributed by atoms with van der Waals surface area (Å²) in [7, 11) is 0. The lowest BCUT2D eigenvalue weighted by atomic mass is 10.0. The van der Waals surface area contributed by atoms with Crippen LogP contribution in [0.5, 0.6) is 0 Å². The van der Waals surface area contributed by atoms with E-state index in [0.717, 1.165) is 35.9 Å². The normalized spacial score (nSPS) is 21.6. The molecule has 0 spiro atoms. The molecule has 8 heteroatoms. The largest absolute Gasteiger partial charge is 0.374 e. The van der Waals surface area contributed by atoms with E-state index in [0.29, 0.717) is 17.2 Å². The Hall–Kier alpha value is -2.63. The minimum atomic E-state index is -0.426. The van der Waals surface area contributed by atoms with Gasteiger partial charge in [-0.25, -0.2) is 0 Å². The number of nitrogens with zero attached hydrogens (tertiary/aromatic N) is 3. The Balaban J connectivity index is 1.51. The third kappa shape index (κ3) is 3.68. The molecule has 144 valence electrons. The average Bonchev–Trinajstić information content (AvgIpc) is 3.42. The number of aromatic nitrogens is 1. The third-order valence-corrected chi connectivity index (χ3v) is 6.08. The van der Waals surface area contributed by atoms with Gasteiger partial charge in [-0.2, -0.15) is 5.26 Å². The van der Waals surface area contributed by atoms with Gasteiger partial charge in [0.2, 0.25) is 5.91 Å². The van der Waals surface area contributed by atoms with Gasteiger partial charge >= 0.3 is 0 Å². The molecule has 2 amide bonds. The topological polar surface area (TPSA) is 95.3 Å². The Morgan fingerprint density at radius 3 is 3.07 bits per heavy atom. The first-order chi connectivity index (χ1) is 13.7. The summed E-state index contributed by atoms with van der Waals surface area (Å²) in [6.45, 7) is 0.622. The van der Waals surface area contributed by atoms with Gasteiger partial charge in [-0.3, -0.25) is 14.6 Å². The first-order valence-corrected chi connectivity index (χ1v) is 10.4. The summed E-state index contributed by atoms with van der Waals surface area (Å²) in [6.07, 6.45) is 3.64. The van der Waals surface area contributed by atoms with Crippen molar-refractivity contribution in [2.45, 2.75) is 25.0 Å². The van der Waals surface area contributed by atoms with Crippen LogP contribution < -0.4 is 5.32 Å². The summed E-state index contributed by atoms with van der Waals surface area (Å²) < 4.78 is 5.75. The van der Waals surface area contributed by atoms with E-state index in [-0.39, 0.29) is 24.5 Å². The fourth-order valence-electron chi connectivity index (χ4n) is 3.55. The van der Waals surface area contributed by atoms with Gasteiger partial charge in [-0.15, -0.1) is 11.8 Å². The molecule has 3 heterocycles. The zero-order chi connectivity index (χ0) is 19.5. The van der Waals surface area contributed by atoms with Crippen molar-refractivity contribution in [1.82, 2.24) is 15.2 Å². The van der Waals surface area contributed by atoms with Gasteiger partial charge in [0.25, 0.3) is 5.91 Å². The van der Waals surface area contributed by atoms with Crippen molar-refractivity contribution in [3.05, 3.63) is 41.6 Å². The number of nitriles is 1. The molecule has 2 aliphatic rings. The van der Waals surface area contributed by atoms with Crippen molar-refractivity contribution in [3.63, 3.8) is 0 Å². The lowest BCUT2D eigenvalue weighted by Crippen LogP contribution is -2.42. The number of hydrogen-bond acceptors (Lipinski definition) is 6. The van der Waals surface area contributed by atoms with Crippen molar-refractivity contribution >= 4 is 34.5 Å². The minimum absolute atomic E-state index is 0.0534. The maximum Gasteiger partial charge on any atom is 0.252 e. The Kier molecular flexibility index (Phi) is 5.46. The van der Waals surface area contributed by atoms with Gasteiger partial charge < -0.3 is 15.0 Å². The van der Waals surface area contributed by atoms with Crippen molar-refractivity contribution in [2.75, 3.05) is 24.8 Å². The summed E-state index contributed by atoms with van der Waals surface area (Å²) >= 11 is 1.54. The predicted molar refractivity (Wildman–Crippen MR) is 106 cm³/mol. The van der Waals surface area contributed by atoms with Crippen LogP contribution in [-0.4, -0.2) is 52.5 Å². The molecule has 7 nitrogen and oxygen atoms in total. The summed E-state index contributed by atoms with van der Waals surface area (Å²) in [5.74, 6) is 0.515. The van der Waals surface area contributed by atoms with Crippen molar-refractivity contribution in [3.8, 4) is 6.07 Å². The Morgan fingerprint density at radius 2 is 2.29 bits per heavy atom. The quantitative estimate of drug-likeness (QED) is 0.852. The van der Waals surface area contributed by atoms with Gasteiger partial charge in [0.05, 0.1) is 35.7 Å². The third-order valence-electron chi connectivity index (χ3n) is 5.06. The highest BCUT2D eigenvalue weighted by Crippen LogP contribution is 2.31. The van der Waals surface area contributed by atoms with Crippen molar-refractivity contribution in [2.24, 2.45) is 0 Å². The van der Waals surface area contributed by atoms with Crippen molar-refractivity contribution in [1.29, 1.82) is 5.26 Å². The summed E-state index contributed by atoms with van der Waals surface area (Å²) in [6, 6.07) is 9.20. The number of amides is 2. The second-order valence-electron chi connectivity index (χ2n) is 6.83. The molecular weight excluding hydrogens is 376 g/mol. The van der Waals surface area contributed by atoms with Crippen LogP contribution in [0.1, 0.15) is 34.9 Å². The molecule has 2 saturated heterocycles. The first-order valence-electron chi connectivity index (χ1n) is 9.22. The second-order valence-corrected chi connectivity index (χ2v) is 7.83. The number of carbonyl (C=O) groups excluding carboxylic acids is 2. The molecule has 4 rings (SSSR count). The molecule has 2 aliphatic heterocycles. The van der Waals surface area contributed by atoms with Gasteiger partial charge in [0.1, 0.15) is 6.04 Å². The van der Waals surface area contributed by atoms with Crippen LogP contribution in [0.3, 0.4) is 0 Å². The first kappa shape index (κ1) is 18.7. The van der Waals surface area contributed by atoms with Crippen molar-refractivity contribution < 1.29 is 14.3 Å². The number of rotatable bonds is 4. The molecule has 2 aromatic rings. The number of fused-ring (bicyclic) bond motifs is 1. The van der Waals surface area contributed by atoms with E-state index in [4.69, 9.17) is 10.00 Å². The molecule has 0 aliphatic carbocycles. The van der Waals surface area contributed by atoms with E-state index in [1.807, 2.05) is 18.2 Å². The minimum Gasteiger partial charge on any atom is -0.374 e. The monoisotopic (exact) mass is 396 g/mol. The van der Waals surface area contributed by atoms with E-state index < -0.39 is 6.04 Å². The number of benzene rings is 1. The van der Waals surface area contributed by atoms with Crippen LogP contribution in [0.4, 0.5) is 0 Å². The van der Waals surface area contributed by atoms with Crippen LogP contribution in [0.25, 0.3) is 10.9 Å². The van der Waals surface area contributed by atoms with Gasteiger partial charge in [0.15, 0.2) is 0 Å². The molecule has 2 fully saturated rings. The zero-order valence-corrected chi connectivity index (χ0v) is 16.1. The number of hydrogen-bond donors (Lipinski definition) is 1. The molecule has 0 bridgehead atoms. The van der Waals surface area contributed by atoms with E-state index >= 15 is 0 Å². The molecule has 1 N–H and O–H groups in total. The Bertz CT molecular complexity index is 952. The van der Waals surface area contributed by atoms with E-state index in [1.54, 1.807) is 12.3 Å². The molecule has 28 heavy (non-hydrogen) atoms. The predicted octanol–water partition coefficient (Wildman–Crippen LogP) is 2.24. The molecule has 0 radical (unpaired) electrons. The smallest absolute Gasteiger partial charge is 0.252 e. The maximum absolute atomic E-state index is 12.8. The Labute approximate surface area is 167 Å².